The number of hydrogen-bond donors (Lipinski definition) is 0. The number of carbonyl (C=O) groups excluding carboxylic acids is 1. The zero-order valence-electron chi connectivity index (χ0n) is 9.78. The van der Waals surface area contributed by atoms with Crippen LogP contribution in [0.1, 0.15) is 21.6 Å². The fraction of sp³-hybridized carbons (Fsp3) is 0.143. The summed E-state index contributed by atoms with van der Waals surface area (Å²) in [5, 5.41) is 0. The molecule has 0 bridgehead atoms. The molecule has 0 spiro atoms. The van der Waals surface area contributed by atoms with Crippen molar-refractivity contribution in [1.82, 2.24) is 4.98 Å². The second kappa shape index (κ2) is 5.40. The number of hydrogen-bond acceptors (Lipinski definition) is 2. The Kier molecular flexibility index (Phi) is 3.87. The molecule has 0 aliphatic carbocycles. The molecule has 0 atom stereocenters. The van der Waals surface area contributed by atoms with Crippen LogP contribution in [-0.2, 0) is 6.42 Å². The standard InChI is InChI=1S/C14H11BrFNO/c1-9-2-4-12(16)6-10(9)7-14(18)13-5-3-11(15)8-17-13/h2-6,8H,7H2,1H3. The molecule has 1 aromatic heterocycles. The van der Waals surface area contributed by atoms with Crippen LogP contribution in [0.25, 0.3) is 0 Å². The van der Waals surface area contributed by atoms with Gasteiger partial charge in [-0.3, -0.25) is 9.78 Å². The molecule has 0 aliphatic rings. The van der Waals surface area contributed by atoms with Crippen LogP contribution < -0.4 is 0 Å². The van der Waals surface area contributed by atoms with E-state index in [-0.39, 0.29) is 18.0 Å². The predicted molar refractivity (Wildman–Crippen MR) is 71.1 cm³/mol. The van der Waals surface area contributed by atoms with Crippen molar-refractivity contribution in [2.75, 3.05) is 0 Å². The van der Waals surface area contributed by atoms with Crippen molar-refractivity contribution in [1.29, 1.82) is 0 Å². The van der Waals surface area contributed by atoms with E-state index in [0.717, 1.165) is 10.0 Å². The van der Waals surface area contributed by atoms with Gasteiger partial charge in [-0.2, -0.15) is 0 Å². The molecular formula is C14H11BrFNO. The third-order valence-electron chi connectivity index (χ3n) is 2.68. The second-order valence-corrected chi connectivity index (χ2v) is 4.95. The fourth-order valence-electron chi connectivity index (χ4n) is 1.63. The largest absolute Gasteiger partial charge is 0.292 e. The zero-order valence-corrected chi connectivity index (χ0v) is 11.4. The van der Waals surface area contributed by atoms with E-state index in [9.17, 15) is 9.18 Å². The van der Waals surface area contributed by atoms with Crippen LogP contribution in [0.3, 0.4) is 0 Å². The smallest absolute Gasteiger partial charge is 0.185 e. The number of carbonyl (C=O) groups is 1. The summed E-state index contributed by atoms with van der Waals surface area (Å²) in [6, 6.07) is 7.87. The number of nitrogens with zero attached hydrogens (tertiary/aromatic N) is 1. The van der Waals surface area contributed by atoms with E-state index >= 15 is 0 Å². The van der Waals surface area contributed by atoms with Gasteiger partial charge < -0.3 is 0 Å². The highest BCUT2D eigenvalue weighted by Crippen LogP contribution is 2.14. The molecule has 92 valence electrons. The molecule has 0 fully saturated rings. The van der Waals surface area contributed by atoms with Crippen molar-refractivity contribution in [3.05, 3.63) is 63.6 Å². The first kappa shape index (κ1) is 12.9. The summed E-state index contributed by atoms with van der Waals surface area (Å²) in [6.45, 7) is 1.86. The van der Waals surface area contributed by atoms with Crippen LogP contribution in [0.15, 0.2) is 41.0 Å². The minimum Gasteiger partial charge on any atom is -0.292 e. The first-order valence-corrected chi connectivity index (χ1v) is 6.25. The third-order valence-corrected chi connectivity index (χ3v) is 3.14. The molecule has 4 heteroatoms. The predicted octanol–water partition coefficient (Wildman–Crippen LogP) is 3.72. The number of aryl methyl sites for hydroxylation is 1. The molecule has 0 saturated heterocycles. The molecule has 1 heterocycles. The monoisotopic (exact) mass is 307 g/mol. The second-order valence-electron chi connectivity index (χ2n) is 4.03. The molecule has 2 aromatic rings. The van der Waals surface area contributed by atoms with Gasteiger partial charge in [0.1, 0.15) is 11.5 Å². The van der Waals surface area contributed by atoms with Crippen LogP contribution in [0.4, 0.5) is 4.39 Å². The number of rotatable bonds is 3. The lowest BCUT2D eigenvalue weighted by atomic mass is 10.0. The molecule has 0 saturated carbocycles. The SMILES string of the molecule is Cc1ccc(F)cc1CC(=O)c1ccc(Br)cn1. The van der Waals surface area contributed by atoms with Gasteiger partial charge in [0.15, 0.2) is 5.78 Å². The Morgan fingerprint density at radius 3 is 2.78 bits per heavy atom. The number of ketones is 1. The average molecular weight is 308 g/mol. The van der Waals surface area contributed by atoms with Crippen LogP contribution in [0.5, 0.6) is 0 Å². The lowest BCUT2D eigenvalue weighted by Gasteiger charge is -2.05. The van der Waals surface area contributed by atoms with Crippen LogP contribution >= 0.6 is 15.9 Å². The van der Waals surface area contributed by atoms with E-state index in [4.69, 9.17) is 0 Å². The zero-order chi connectivity index (χ0) is 13.1. The van der Waals surface area contributed by atoms with Crippen LogP contribution in [0, 0.1) is 12.7 Å². The van der Waals surface area contributed by atoms with Crippen LogP contribution in [-0.4, -0.2) is 10.8 Å². The van der Waals surface area contributed by atoms with Gasteiger partial charge in [0, 0.05) is 17.1 Å². The maximum atomic E-state index is 13.1. The molecule has 1 aromatic carbocycles. The lowest BCUT2D eigenvalue weighted by molar-refractivity contribution is 0.0988. The van der Waals surface area contributed by atoms with E-state index in [2.05, 4.69) is 20.9 Å². The van der Waals surface area contributed by atoms with E-state index < -0.39 is 0 Å². The topological polar surface area (TPSA) is 30.0 Å². The van der Waals surface area contributed by atoms with Crippen molar-refractivity contribution in [2.24, 2.45) is 0 Å². The van der Waals surface area contributed by atoms with Gasteiger partial charge >= 0.3 is 0 Å². The number of Topliss-reactive ketones (excluding diaryl/α,β-unsaturated/α-hetero) is 1. The van der Waals surface area contributed by atoms with E-state index in [0.29, 0.717) is 11.3 Å². The summed E-state index contributed by atoms with van der Waals surface area (Å²) in [4.78, 5) is 16.0. The number of halogens is 2. The first-order chi connectivity index (χ1) is 8.56. The molecule has 2 nitrogen and oxygen atoms in total. The summed E-state index contributed by atoms with van der Waals surface area (Å²) in [7, 11) is 0. The maximum Gasteiger partial charge on any atom is 0.185 e. The molecule has 0 N–H and O–H groups in total. The van der Waals surface area contributed by atoms with Gasteiger partial charge in [-0.15, -0.1) is 0 Å². The van der Waals surface area contributed by atoms with Gasteiger partial charge in [-0.05, 0) is 58.2 Å². The molecule has 0 unspecified atom stereocenters. The van der Waals surface area contributed by atoms with E-state index in [1.54, 1.807) is 24.4 Å². The number of aromatic nitrogens is 1. The number of pyridine rings is 1. The summed E-state index contributed by atoms with van der Waals surface area (Å²) in [5.41, 5.74) is 1.99. The average Bonchev–Trinajstić information content (AvgIpc) is 2.34. The molecule has 0 aliphatic heterocycles. The minimum atomic E-state index is -0.327. The molecule has 2 rings (SSSR count). The van der Waals surface area contributed by atoms with Gasteiger partial charge in [0.05, 0.1) is 0 Å². The molecule has 0 amide bonds. The van der Waals surface area contributed by atoms with Crippen molar-refractivity contribution in [2.45, 2.75) is 13.3 Å². The Hall–Kier alpha value is -1.55. The van der Waals surface area contributed by atoms with Crippen molar-refractivity contribution in [3.63, 3.8) is 0 Å². The highest BCUT2D eigenvalue weighted by molar-refractivity contribution is 9.10. The van der Waals surface area contributed by atoms with Crippen LogP contribution in [0.2, 0.25) is 0 Å². The van der Waals surface area contributed by atoms with Gasteiger partial charge in [-0.25, -0.2) is 4.39 Å². The van der Waals surface area contributed by atoms with Gasteiger partial charge in [0.2, 0.25) is 0 Å². The fourth-order valence-corrected chi connectivity index (χ4v) is 1.87. The van der Waals surface area contributed by atoms with E-state index in [1.807, 2.05) is 6.92 Å². The van der Waals surface area contributed by atoms with Gasteiger partial charge in [-0.1, -0.05) is 6.07 Å². The summed E-state index contributed by atoms with van der Waals surface area (Å²) in [6.07, 6.45) is 1.74. The summed E-state index contributed by atoms with van der Waals surface area (Å²) >= 11 is 3.26. The van der Waals surface area contributed by atoms with Crippen molar-refractivity contribution in [3.8, 4) is 0 Å². The highest BCUT2D eigenvalue weighted by atomic mass is 79.9. The third kappa shape index (κ3) is 3.01. The lowest BCUT2D eigenvalue weighted by Crippen LogP contribution is -2.07. The van der Waals surface area contributed by atoms with Crippen molar-refractivity contribution < 1.29 is 9.18 Å². The first-order valence-electron chi connectivity index (χ1n) is 5.46. The minimum absolute atomic E-state index is 0.115. The quantitative estimate of drug-likeness (QED) is 0.809. The Morgan fingerprint density at radius 2 is 2.11 bits per heavy atom. The van der Waals surface area contributed by atoms with Gasteiger partial charge in [0.25, 0.3) is 0 Å². The molecule has 0 radical (unpaired) electrons. The Balaban J connectivity index is 2.21. The Labute approximate surface area is 113 Å². The number of benzene rings is 1. The normalized spacial score (nSPS) is 10.4. The molecule has 18 heavy (non-hydrogen) atoms. The highest BCUT2D eigenvalue weighted by Gasteiger charge is 2.10. The molecular weight excluding hydrogens is 297 g/mol. The summed E-state index contributed by atoms with van der Waals surface area (Å²) in [5.74, 6) is -0.441. The summed E-state index contributed by atoms with van der Waals surface area (Å²) < 4.78 is 13.9. The maximum absolute atomic E-state index is 13.1. The Morgan fingerprint density at radius 1 is 1.33 bits per heavy atom. The Bertz CT molecular complexity index is 581. The van der Waals surface area contributed by atoms with Crippen molar-refractivity contribution >= 4 is 21.7 Å². The van der Waals surface area contributed by atoms with E-state index in [1.165, 1.54) is 12.1 Å².